The van der Waals surface area contributed by atoms with Crippen molar-refractivity contribution in [2.45, 2.75) is 0 Å². The third-order valence-electron chi connectivity index (χ3n) is 2.58. The molecule has 0 saturated carbocycles. The zero-order valence-corrected chi connectivity index (χ0v) is 10.2. The maximum atomic E-state index is 4.06. The van der Waals surface area contributed by atoms with Crippen LogP contribution in [0.2, 0.25) is 0 Å². The highest BCUT2D eigenvalue weighted by Crippen LogP contribution is 2.11. The normalized spacial score (nSPS) is 11.1. The molecule has 1 heterocycles. The van der Waals surface area contributed by atoms with Gasteiger partial charge in [0, 0.05) is 12.4 Å². The number of hydrogen-bond acceptors (Lipinski definition) is 1. The van der Waals surface area contributed by atoms with Crippen LogP contribution in [-0.4, -0.2) is 4.98 Å². The molecule has 0 amide bonds. The van der Waals surface area contributed by atoms with E-state index in [-0.39, 0.29) is 0 Å². The van der Waals surface area contributed by atoms with Crippen LogP contribution in [0.3, 0.4) is 0 Å². The molecule has 0 aliphatic carbocycles. The lowest BCUT2D eigenvalue weighted by atomic mass is 10.1. The Hall–Kier alpha value is -2.41. The fourth-order valence-corrected chi connectivity index (χ4v) is 1.65. The number of rotatable bonds is 4. The fraction of sp³-hybridized carbons (Fsp3) is 0. The average Bonchev–Trinajstić information content (AvgIpc) is 2.45. The van der Waals surface area contributed by atoms with Crippen molar-refractivity contribution < 1.29 is 0 Å². The van der Waals surface area contributed by atoms with E-state index < -0.39 is 0 Å². The van der Waals surface area contributed by atoms with Crippen LogP contribution in [0.1, 0.15) is 16.7 Å². The zero-order valence-electron chi connectivity index (χ0n) is 10.2. The Morgan fingerprint density at radius 3 is 2.39 bits per heavy atom. The van der Waals surface area contributed by atoms with Crippen molar-refractivity contribution in [3.05, 3.63) is 84.2 Å². The number of allylic oxidation sites excluding steroid dienone is 2. The van der Waals surface area contributed by atoms with Crippen molar-refractivity contribution in [2.24, 2.45) is 0 Å². The first kappa shape index (κ1) is 12.1. The summed E-state index contributed by atoms with van der Waals surface area (Å²) in [4.78, 5) is 4.06. The van der Waals surface area contributed by atoms with E-state index in [0.717, 1.165) is 11.1 Å². The van der Waals surface area contributed by atoms with Crippen molar-refractivity contribution in [3.8, 4) is 0 Å². The average molecular weight is 233 g/mol. The van der Waals surface area contributed by atoms with Gasteiger partial charge in [0.25, 0.3) is 0 Å². The quantitative estimate of drug-likeness (QED) is 0.711. The first-order valence-corrected chi connectivity index (χ1v) is 5.86. The predicted octanol–water partition coefficient (Wildman–Crippen LogP) is 4.45. The summed E-state index contributed by atoms with van der Waals surface area (Å²) in [5.74, 6) is 0. The van der Waals surface area contributed by atoms with Crippen molar-refractivity contribution in [1.29, 1.82) is 0 Å². The summed E-state index contributed by atoms with van der Waals surface area (Å²) < 4.78 is 0. The molecule has 0 fully saturated rings. The molecule has 1 aromatic heterocycles. The third-order valence-corrected chi connectivity index (χ3v) is 2.58. The summed E-state index contributed by atoms with van der Waals surface area (Å²) in [7, 11) is 0. The van der Waals surface area contributed by atoms with Gasteiger partial charge in [0.1, 0.15) is 0 Å². The monoisotopic (exact) mass is 233 g/mol. The predicted molar refractivity (Wildman–Crippen MR) is 78.8 cm³/mol. The molecule has 18 heavy (non-hydrogen) atoms. The molecule has 88 valence electrons. The molecular formula is C17H15N. The molecule has 0 radical (unpaired) electrons. The summed E-state index contributed by atoms with van der Waals surface area (Å²) in [6.07, 6.45) is 13.6. The molecule has 1 heteroatoms. The molecule has 0 bridgehead atoms. The summed E-state index contributed by atoms with van der Waals surface area (Å²) in [6.45, 7) is 3.81. The van der Waals surface area contributed by atoms with Gasteiger partial charge in [0.05, 0.1) is 0 Å². The van der Waals surface area contributed by atoms with Gasteiger partial charge in [0.15, 0.2) is 0 Å². The second kappa shape index (κ2) is 6.36. The second-order valence-corrected chi connectivity index (χ2v) is 3.84. The van der Waals surface area contributed by atoms with Crippen molar-refractivity contribution in [1.82, 2.24) is 4.98 Å². The van der Waals surface area contributed by atoms with Gasteiger partial charge in [0.2, 0.25) is 0 Å². The van der Waals surface area contributed by atoms with Crippen molar-refractivity contribution >= 4 is 18.2 Å². The van der Waals surface area contributed by atoms with Crippen molar-refractivity contribution in [3.63, 3.8) is 0 Å². The maximum absolute atomic E-state index is 4.06. The van der Waals surface area contributed by atoms with Crippen molar-refractivity contribution in [2.75, 3.05) is 0 Å². The Bertz CT molecular complexity index is 565. The van der Waals surface area contributed by atoms with Gasteiger partial charge in [-0.25, -0.2) is 0 Å². The largest absolute Gasteiger partial charge is 0.264 e. The van der Waals surface area contributed by atoms with E-state index in [9.17, 15) is 0 Å². The van der Waals surface area contributed by atoms with E-state index in [1.54, 1.807) is 6.20 Å². The van der Waals surface area contributed by atoms with Gasteiger partial charge in [-0.05, 0) is 22.8 Å². The number of pyridine rings is 1. The van der Waals surface area contributed by atoms with E-state index in [1.807, 2.05) is 54.8 Å². The van der Waals surface area contributed by atoms with E-state index >= 15 is 0 Å². The first-order valence-electron chi connectivity index (χ1n) is 5.86. The standard InChI is InChI=1S/C17H15N/c1-2-16-10-5-6-12-17(16)11-4-3-8-15-9-7-13-18-14-15/h2-14H,1H2/b8-3+,11-4+. The van der Waals surface area contributed by atoms with Crippen LogP contribution in [-0.2, 0) is 0 Å². The highest BCUT2D eigenvalue weighted by atomic mass is 14.6. The molecule has 0 unspecified atom stereocenters. The van der Waals surface area contributed by atoms with Crippen LogP contribution in [0.15, 0.2) is 67.5 Å². The summed E-state index contributed by atoms with van der Waals surface area (Å²) in [6, 6.07) is 12.1. The van der Waals surface area contributed by atoms with Crippen LogP contribution < -0.4 is 0 Å². The molecule has 0 atom stereocenters. The molecule has 0 N–H and O–H groups in total. The van der Waals surface area contributed by atoms with Crippen LogP contribution in [0.5, 0.6) is 0 Å². The minimum Gasteiger partial charge on any atom is -0.264 e. The molecule has 0 saturated heterocycles. The third kappa shape index (κ3) is 3.29. The Kier molecular flexibility index (Phi) is 4.26. The van der Waals surface area contributed by atoms with E-state index in [4.69, 9.17) is 0 Å². The summed E-state index contributed by atoms with van der Waals surface area (Å²) in [5, 5.41) is 0. The molecule has 2 rings (SSSR count). The lowest BCUT2D eigenvalue weighted by Gasteiger charge is -1.98. The molecule has 1 nitrogen and oxygen atoms in total. The molecule has 0 aliphatic heterocycles. The van der Waals surface area contributed by atoms with Crippen LogP contribution in [0.4, 0.5) is 0 Å². The molecule has 0 spiro atoms. The Labute approximate surface area is 108 Å². The summed E-state index contributed by atoms with van der Waals surface area (Å²) in [5.41, 5.74) is 3.41. The topological polar surface area (TPSA) is 12.9 Å². The van der Waals surface area contributed by atoms with Gasteiger partial charge < -0.3 is 0 Å². The summed E-state index contributed by atoms with van der Waals surface area (Å²) >= 11 is 0. The van der Waals surface area contributed by atoms with Crippen LogP contribution in [0, 0.1) is 0 Å². The van der Waals surface area contributed by atoms with Gasteiger partial charge in [-0.1, -0.05) is 67.3 Å². The number of aromatic nitrogens is 1. The molecule has 2 aromatic rings. The van der Waals surface area contributed by atoms with Gasteiger partial charge in [-0.15, -0.1) is 0 Å². The number of nitrogens with zero attached hydrogens (tertiary/aromatic N) is 1. The smallest absolute Gasteiger partial charge is 0.0340 e. The highest BCUT2D eigenvalue weighted by Gasteiger charge is 1.91. The van der Waals surface area contributed by atoms with E-state index in [2.05, 4.69) is 29.8 Å². The SMILES string of the molecule is C=Cc1ccccc1/C=C/C=C/c1cccnc1. The lowest BCUT2D eigenvalue weighted by Crippen LogP contribution is -1.77. The van der Waals surface area contributed by atoms with Gasteiger partial charge in [-0.3, -0.25) is 4.98 Å². The Morgan fingerprint density at radius 1 is 0.889 bits per heavy atom. The van der Waals surface area contributed by atoms with Crippen LogP contribution >= 0.6 is 0 Å². The molecular weight excluding hydrogens is 218 g/mol. The Balaban J connectivity index is 2.08. The minimum atomic E-state index is 1.10. The Morgan fingerprint density at radius 2 is 1.67 bits per heavy atom. The first-order chi connectivity index (χ1) is 8.90. The zero-order chi connectivity index (χ0) is 12.6. The fourth-order valence-electron chi connectivity index (χ4n) is 1.65. The van der Waals surface area contributed by atoms with Gasteiger partial charge >= 0.3 is 0 Å². The molecule has 1 aromatic carbocycles. The number of benzene rings is 1. The minimum absolute atomic E-state index is 1.10. The number of hydrogen-bond donors (Lipinski definition) is 0. The van der Waals surface area contributed by atoms with Gasteiger partial charge in [-0.2, -0.15) is 0 Å². The van der Waals surface area contributed by atoms with E-state index in [1.165, 1.54) is 5.56 Å². The van der Waals surface area contributed by atoms with E-state index in [0.29, 0.717) is 0 Å². The molecule has 0 aliphatic rings. The highest BCUT2D eigenvalue weighted by molar-refractivity contribution is 5.65. The maximum Gasteiger partial charge on any atom is 0.0340 e. The second-order valence-electron chi connectivity index (χ2n) is 3.84. The lowest BCUT2D eigenvalue weighted by molar-refractivity contribution is 1.32. The van der Waals surface area contributed by atoms with Crippen LogP contribution in [0.25, 0.3) is 18.2 Å².